The van der Waals surface area contributed by atoms with E-state index in [-0.39, 0.29) is 10.5 Å². The van der Waals surface area contributed by atoms with Gasteiger partial charge in [0.05, 0.1) is 16.5 Å². The number of aryl methyl sites for hydroxylation is 1. The number of sulfonamides is 1. The summed E-state index contributed by atoms with van der Waals surface area (Å²) in [5.74, 6) is -1.16. The van der Waals surface area contributed by atoms with Gasteiger partial charge in [-0.25, -0.2) is 17.9 Å². The SMILES string of the molecule is Cc1ccc(C(=O)O)cc1S(=O)(=O)NC(CN(C)C)c1ccccc1. The fourth-order valence-corrected chi connectivity index (χ4v) is 4.02. The summed E-state index contributed by atoms with van der Waals surface area (Å²) in [7, 11) is -0.157. The molecule has 2 aromatic rings. The molecule has 0 saturated carbocycles. The van der Waals surface area contributed by atoms with Gasteiger partial charge in [-0.2, -0.15) is 0 Å². The Balaban J connectivity index is 2.41. The van der Waals surface area contributed by atoms with Crippen molar-refractivity contribution in [3.63, 3.8) is 0 Å². The van der Waals surface area contributed by atoms with Crippen LogP contribution in [-0.4, -0.2) is 45.0 Å². The lowest BCUT2D eigenvalue weighted by molar-refractivity contribution is 0.0696. The molecule has 2 N–H and O–H groups in total. The first kappa shape index (κ1) is 19.1. The molecule has 0 aliphatic rings. The van der Waals surface area contributed by atoms with Crippen molar-refractivity contribution >= 4 is 16.0 Å². The normalized spacial score (nSPS) is 13.0. The number of carboxylic acids is 1. The van der Waals surface area contributed by atoms with Crippen molar-refractivity contribution in [1.82, 2.24) is 9.62 Å². The summed E-state index contributed by atoms with van der Waals surface area (Å²) in [6.45, 7) is 2.12. The van der Waals surface area contributed by atoms with Gasteiger partial charge in [-0.1, -0.05) is 36.4 Å². The molecule has 0 bridgehead atoms. The van der Waals surface area contributed by atoms with Crippen LogP contribution in [0, 0.1) is 6.92 Å². The predicted octanol–water partition coefficient (Wildman–Crippen LogP) is 2.27. The highest BCUT2D eigenvalue weighted by Crippen LogP contribution is 2.21. The van der Waals surface area contributed by atoms with Gasteiger partial charge in [-0.05, 0) is 44.3 Å². The third kappa shape index (κ3) is 4.88. The molecule has 0 aliphatic heterocycles. The first-order valence-electron chi connectivity index (χ1n) is 7.76. The molecule has 0 aliphatic carbocycles. The number of carboxylic acid groups (broad SMARTS) is 1. The van der Waals surface area contributed by atoms with E-state index in [1.54, 1.807) is 6.92 Å². The summed E-state index contributed by atoms with van der Waals surface area (Å²) in [4.78, 5) is 13.0. The maximum Gasteiger partial charge on any atom is 0.335 e. The molecule has 0 radical (unpaired) electrons. The highest BCUT2D eigenvalue weighted by atomic mass is 32.2. The first-order chi connectivity index (χ1) is 11.7. The summed E-state index contributed by atoms with van der Waals surface area (Å²) in [5.41, 5.74) is 1.27. The van der Waals surface area contributed by atoms with Gasteiger partial charge < -0.3 is 10.0 Å². The fourth-order valence-electron chi connectivity index (χ4n) is 2.53. The lowest BCUT2D eigenvalue weighted by Gasteiger charge is -2.23. The second-order valence-corrected chi connectivity index (χ2v) is 7.81. The third-order valence-corrected chi connectivity index (χ3v) is 5.39. The minimum Gasteiger partial charge on any atom is -0.478 e. The third-order valence-electron chi connectivity index (χ3n) is 3.77. The molecule has 25 heavy (non-hydrogen) atoms. The Morgan fingerprint density at radius 1 is 1.16 bits per heavy atom. The van der Waals surface area contributed by atoms with Crippen LogP contribution in [0.3, 0.4) is 0 Å². The molecule has 1 unspecified atom stereocenters. The average molecular weight is 362 g/mol. The zero-order valence-corrected chi connectivity index (χ0v) is 15.2. The second-order valence-electron chi connectivity index (χ2n) is 6.13. The number of nitrogens with one attached hydrogen (secondary N) is 1. The molecule has 2 rings (SSSR count). The monoisotopic (exact) mass is 362 g/mol. The summed E-state index contributed by atoms with van der Waals surface area (Å²) in [5, 5.41) is 9.12. The van der Waals surface area contributed by atoms with Gasteiger partial charge in [0.1, 0.15) is 0 Å². The van der Waals surface area contributed by atoms with E-state index in [1.807, 2.05) is 49.3 Å². The molecule has 6 nitrogen and oxygen atoms in total. The fraction of sp³-hybridized carbons (Fsp3) is 0.278. The number of nitrogens with zero attached hydrogens (tertiary/aromatic N) is 1. The van der Waals surface area contributed by atoms with E-state index in [4.69, 9.17) is 5.11 Å². The Hall–Kier alpha value is -2.22. The topological polar surface area (TPSA) is 86.7 Å². The smallest absolute Gasteiger partial charge is 0.335 e. The second kappa shape index (κ2) is 7.77. The van der Waals surface area contributed by atoms with Gasteiger partial charge in [0.2, 0.25) is 10.0 Å². The van der Waals surface area contributed by atoms with Crippen molar-refractivity contribution in [2.24, 2.45) is 0 Å². The van der Waals surface area contributed by atoms with Gasteiger partial charge >= 0.3 is 5.97 Å². The number of hydrogen-bond acceptors (Lipinski definition) is 4. The van der Waals surface area contributed by atoms with Crippen molar-refractivity contribution in [1.29, 1.82) is 0 Å². The predicted molar refractivity (Wildman–Crippen MR) is 96.2 cm³/mol. The Bertz CT molecular complexity index is 849. The Morgan fingerprint density at radius 2 is 1.80 bits per heavy atom. The van der Waals surface area contributed by atoms with Gasteiger partial charge in [0.15, 0.2) is 0 Å². The molecule has 0 spiro atoms. The lowest BCUT2D eigenvalue weighted by Crippen LogP contribution is -2.35. The van der Waals surface area contributed by atoms with E-state index < -0.39 is 22.0 Å². The van der Waals surface area contributed by atoms with Crippen LogP contribution in [0.5, 0.6) is 0 Å². The molecule has 0 aromatic heterocycles. The highest BCUT2D eigenvalue weighted by molar-refractivity contribution is 7.89. The minimum absolute atomic E-state index is 0.0212. The number of aromatic carboxylic acids is 1. The van der Waals surface area contributed by atoms with Crippen molar-refractivity contribution in [3.05, 3.63) is 65.2 Å². The lowest BCUT2D eigenvalue weighted by atomic mass is 10.1. The van der Waals surface area contributed by atoms with Gasteiger partial charge in [-0.15, -0.1) is 0 Å². The Kier molecular flexibility index (Phi) is 5.94. The molecule has 7 heteroatoms. The first-order valence-corrected chi connectivity index (χ1v) is 9.25. The van der Waals surface area contributed by atoms with E-state index in [0.717, 1.165) is 5.56 Å². The molecule has 0 fully saturated rings. The van der Waals surface area contributed by atoms with Crippen molar-refractivity contribution in [3.8, 4) is 0 Å². The summed E-state index contributed by atoms with van der Waals surface area (Å²) in [6.07, 6.45) is 0. The minimum atomic E-state index is -3.88. The number of benzene rings is 2. The van der Waals surface area contributed by atoms with Crippen LogP contribution in [0.15, 0.2) is 53.4 Å². The molecule has 0 heterocycles. The Morgan fingerprint density at radius 3 is 2.36 bits per heavy atom. The van der Waals surface area contributed by atoms with Crippen LogP contribution in [0.2, 0.25) is 0 Å². The van der Waals surface area contributed by atoms with Crippen LogP contribution >= 0.6 is 0 Å². The van der Waals surface area contributed by atoms with Crippen LogP contribution in [0.25, 0.3) is 0 Å². The molecular weight excluding hydrogens is 340 g/mol. The van der Waals surface area contributed by atoms with Crippen LogP contribution in [-0.2, 0) is 10.0 Å². The van der Waals surface area contributed by atoms with Crippen LogP contribution < -0.4 is 4.72 Å². The maximum atomic E-state index is 12.9. The van der Waals surface area contributed by atoms with Crippen molar-refractivity contribution in [2.75, 3.05) is 20.6 Å². The van der Waals surface area contributed by atoms with Crippen LogP contribution in [0.4, 0.5) is 0 Å². The molecule has 2 aromatic carbocycles. The molecule has 134 valence electrons. The van der Waals surface area contributed by atoms with E-state index in [2.05, 4.69) is 4.72 Å². The van der Waals surface area contributed by atoms with Gasteiger partial charge in [0, 0.05) is 6.54 Å². The highest BCUT2D eigenvalue weighted by Gasteiger charge is 2.24. The van der Waals surface area contributed by atoms with E-state index in [9.17, 15) is 13.2 Å². The summed E-state index contributed by atoms with van der Waals surface area (Å²) in [6, 6.07) is 12.9. The Labute approximate surface area is 148 Å². The van der Waals surface area contributed by atoms with E-state index in [0.29, 0.717) is 12.1 Å². The van der Waals surface area contributed by atoms with Gasteiger partial charge in [0.25, 0.3) is 0 Å². The number of carbonyl (C=O) groups is 1. The van der Waals surface area contributed by atoms with Gasteiger partial charge in [-0.3, -0.25) is 0 Å². The zero-order chi connectivity index (χ0) is 18.6. The molecular formula is C18H22N2O4S. The molecule has 0 saturated heterocycles. The number of likely N-dealkylation sites (N-methyl/N-ethyl adjacent to an activating group) is 1. The standard InChI is InChI=1S/C18H22N2O4S/c1-13-9-10-15(18(21)22)11-17(13)25(23,24)19-16(12-20(2)3)14-7-5-4-6-8-14/h4-11,16,19H,12H2,1-3H3,(H,21,22). The summed E-state index contributed by atoms with van der Waals surface area (Å²) >= 11 is 0. The maximum absolute atomic E-state index is 12.9. The van der Waals surface area contributed by atoms with Crippen LogP contribution in [0.1, 0.15) is 27.5 Å². The van der Waals surface area contributed by atoms with Crippen molar-refractivity contribution in [2.45, 2.75) is 17.9 Å². The summed E-state index contributed by atoms with van der Waals surface area (Å²) < 4.78 is 28.4. The largest absolute Gasteiger partial charge is 0.478 e. The van der Waals surface area contributed by atoms with E-state index >= 15 is 0 Å². The average Bonchev–Trinajstić information content (AvgIpc) is 2.54. The van der Waals surface area contributed by atoms with E-state index in [1.165, 1.54) is 18.2 Å². The molecule has 1 atom stereocenters. The number of hydrogen-bond donors (Lipinski definition) is 2. The molecule has 0 amide bonds. The zero-order valence-electron chi connectivity index (χ0n) is 14.4. The quantitative estimate of drug-likeness (QED) is 0.789. The van der Waals surface area contributed by atoms with Crippen molar-refractivity contribution < 1.29 is 18.3 Å². The number of rotatable bonds is 7.